The largest absolute Gasteiger partial charge is 0.409 e. The lowest BCUT2D eigenvalue weighted by molar-refractivity contribution is -0.115. The van der Waals surface area contributed by atoms with E-state index in [1.54, 1.807) is 6.08 Å². The molecule has 0 atom stereocenters. The Morgan fingerprint density at radius 1 is 1.30 bits per heavy atom. The van der Waals surface area contributed by atoms with Crippen LogP contribution in [0.15, 0.2) is 34.3 Å². The van der Waals surface area contributed by atoms with Crippen LogP contribution in [0.5, 0.6) is 0 Å². The highest BCUT2D eigenvalue weighted by atomic mass is 32.2. The normalized spacial score (nSPS) is 18.6. The first-order valence-electron chi connectivity index (χ1n) is 6.45. The molecule has 0 saturated carbocycles. The summed E-state index contributed by atoms with van der Waals surface area (Å²) in [6.07, 6.45) is 1.78. The van der Waals surface area contributed by atoms with Crippen molar-refractivity contribution in [3.05, 3.63) is 34.7 Å². The Bertz CT molecular complexity index is 548. The molecule has 0 aromatic heterocycles. The van der Waals surface area contributed by atoms with Crippen molar-refractivity contribution < 1.29 is 10.0 Å². The molecule has 5 nitrogen and oxygen atoms in total. The number of rotatable bonds is 4. The molecule has 2 rings (SSSR count). The zero-order valence-corrected chi connectivity index (χ0v) is 12.3. The molecule has 1 aromatic carbocycles. The molecule has 2 N–H and O–H groups in total. The maximum Gasteiger partial charge on any atom is 0.264 e. The number of hydrogen-bond donors (Lipinski definition) is 2. The van der Waals surface area contributed by atoms with Gasteiger partial charge in [-0.2, -0.15) is 0 Å². The highest BCUT2D eigenvalue weighted by Crippen LogP contribution is 2.26. The van der Waals surface area contributed by atoms with E-state index in [4.69, 9.17) is 5.21 Å². The van der Waals surface area contributed by atoms with Crippen molar-refractivity contribution in [2.24, 2.45) is 5.16 Å². The van der Waals surface area contributed by atoms with Crippen LogP contribution in [0, 0.1) is 0 Å². The van der Waals surface area contributed by atoms with E-state index in [1.807, 2.05) is 24.3 Å². The molecule has 0 radical (unpaired) electrons. The second kappa shape index (κ2) is 6.47. The Labute approximate surface area is 122 Å². The van der Waals surface area contributed by atoms with Gasteiger partial charge < -0.3 is 10.1 Å². The van der Waals surface area contributed by atoms with Crippen LogP contribution in [0.3, 0.4) is 0 Å². The summed E-state index contributed by atoms with van der Waals surface area (Å²) in [4.78, 5) is 14.4. The van der Waals surface area contributed by atoms with Crippen LogP contribution in [0.25, 0.3) is 6.08 Å². The highest BCUT2D eigenvalue weighted by Gasteiger charge is 2.23. The zero-order chi connectivity index (χ0) is 14.5. The number of oxime groups is 1. The summed E-state index contributed by atoms with van der Waals surface area (Å²) in [6.45, 7) is 6.17. The summed E-state index contributed by atoms with van der Waals surface area (Å²) in [5.74, 6) is -0.240. The van der Waals surface area contributed by atoms with Crippen LogP contribution in [-0.2, 0) is 4.79 Å². The lowest BCUT2D eigenvalue weighted by atomic mass is 10.2. The molecule has 106 valence electrons. The van der Waals surface area contributed by atoms with Crippen molar-refractivity contribution in [2.45, 2.75) is 13.8 Å². The molecule has 1 aromatic rings. The minimum atomic E-state index is -0.240. The summed E-state index contributed by atoms with van der Waals surface area (Å²) >= 11 is 1.12. The summed E-state index contributed by atoms with van der Waals surface area (Å²) in [5.41, 5.74) is 2.11. The van der Waals surface area contributed by atoms with Crippen molar-refractivity contribution in [3.8, 4) is 0 Å². The van der Waals surface area contributed by atoms with Gasteiger partial charge in [-0.25, -0.2) is 0 Å². The maximum atomic E-state index is 11.6. The second-order valence-corrected chi connectivity index (χ2v) is 5.26. The molecule has 0 aliphatic carbocycles. The van der Waals surface area contributed by atoms with Crippen LogP contribution in [0.1, 0.15) is 19.4 Å². The Morgan fingerprint density at radius 2 is 1.95 bits per heavy atom. The minimum absolute atomic E-state index is 0.209. The number of amides is 1. The van der Waals surface area contributed by atoms with Crippen LogP contribution < -0.4 is 10.2 Å². The smallest absolute Gasteiger partial charge is 0.264 e. The summed E-state index contributed by atoms with van der Waals surface area (Å²) in [5, 5.41) is 14.3. The average molecular weight is 291 g/mol. The number of nitrogens with zero attached hydrogens (tertiary/aromatic N) is 2. The molecule has 1 amide bonds. The summed E-state index contributed by atoms with van der Waals surface area (Å²) in [6, 6.07) is 8.03. The molecule has 20 heavy (non-hydrogen) atoms. The highest BCUT2D eigenvalue weighted by molar-refractivity contribution is 8.18. The predicted octanol–water partition coefficient (Wildman–Crippen LogP) is 2.48. The van der Waals surface area contributed by atoms with E-state index in [0.717, 1.165) is 30.4 Å². The molecule has 0 bridgehead atoms. The van der Waals surface area contributed by atoms with Crippen LogP contribution in [-0.4, -0.2) is 29.4 Å². The Kier molecular flexibility index (Phi) is 4.68. The van der Waals surface area contributed by atoms with Gasteiger partial charge >= 0.3 is 0 Å². The van der Waals surface area contributed by atoms with E-state index in [1.165, 1.54) is 5.69 Å². The molecule has 0 unspecified atom stereocenters. The monoisotopic (exact) mass is 291 g/mol. The second-order valence-electron chi connectivity index (χ2n) is 4.23. The molecule has 1 aliphatic rings. The van der Waals surface area contributed by atoms with E-state index in [2.05, 4.69) is 29.2 Å². The van der Waals surface area contributed by atoms with Crippen LogP contribution in [0.4, 0.5) is 5.69 Å². The lowest BCUT2D eigenvalue weighted by Crippen LogP contribution is -2.21. The van der Waals surface area contributed by atoms with Gasteiger partial charge in [0.1, 0.15) is 0 Å². The average Bonchev–Trinajstić information content (AvgIpc) is 2.82. The fraction of sp³-hybridized carbons (Fsp3) is 0.286. The first kappa shape index (κ1) is 14.5. The minimum Gasteiger partial charge on any atom is -0.409 e. The number of hydrogen-bond acceptors (Lipinski definition) is 5. The van der Waals surface area contributed by atoms with Crippen molar-refractivity contribution in [2.75, 3.05) is 18.0 Å². The Hall–Kier alpha value is -1.95. The van der Waals surface area contributed by atoms with Gasteiger partial charge in [0.2, 0.25) is 5.17 Å². The molecule has 1 fully saturated rings. The molecule has 1 saturated heterocycles. The number of thioether (sulfide) groups is 1. The Morgan fingerprint density at radius 3 is 2.45 bits per heavy atom. The molecule has 1 heterocycles. The fourth-order valence-corrected chi connectivity index (χ4v) is 2.73. The van der Waals surface area contributed by atoms with E-state index in [-0.39, 0.29) is 11.1 Å². The van der Waals surface area contributed by atoms with Gasteiger partial charge in [-0.1, -0.05) is 17.3 Å². The number of amidine groups is 1. The van der Waals surface area contributed by atoms with Gasteiger partial charge in [0, 0.05) is 18.8 Å². The van der Waals surface area contributed by atoms with Gasteiger partial charge in [0.05, 0.1) is 4.91 Å². The molecule has 0 spiro atoms. The van der Waals surface area contributed by atoms with Crippen molar-refractivity contribution in [3.63, 3.8) is 0 Å². The van der Waals surface area contributed by atoms with Gasteiger partial charge in [-0.3, -0.25) is 10.1 Å². The first-order valence-corrected chi connectivity index (χ1v) is 7.27. The SMILES string of the molecule is CCN(CC)c1ccc(/C=C2/SC(=NO)NC2=O)cc1. The standard InChI is InChI=1S/C14H17N3O2S/c1-3-17(4-2)11-7-5-10(6-8-11)9-12-13(18)15-14(16-19)20-12/h5-9,19H,3-4H2,1-2H3,(H,15,16,18)/b12-9+. The number of benzene rings is 1. The predicted molar refractivity (Wildman–Crippen MR) is 82.9 cm³/mol. The third-order valence-electron chi connectivity index (χ3n) is 3.06. The van der Waals surface area contributed by atoms with Gasteiger partial charge in [0.15, 0.2) is 0 Å². The van der Waals surface area contributed by atoms with E-state index >= 15 is 0 Å². The maximum absolute atomic E-state index is 11.6. The summed E-state index contributed by atoms with van der Waals surface area (Å²) in [7, 11) is 0. The zero-order valence-electron chi connectivity index (χ0n) is 11.5. The van der Waals surface area contributed by atoms with Crippen LogP contribution in [0.2, 0.25) is 0 Å². The quantitative estimate of drug-likeness (QED) is 0.508. The molecule has 1 aliphatic heterocycles. The van der Waals surface area contributed by atoms with Crippen LogP contribution >= 0.6 is 11.8 Å². The number of carbonyl (C=O) groups excluding carboxylic acids is 1. The fourth-order valence-electron chi connectivity index (χ4n) is 2.00. The Balaban J connectivity index is 2.17. The number of nitrogens with one attached hydrogen (secondary N) is 1. The van der Waals surface area contributed by atoms with E-state index < -0.39 is 0 Å². The topological polar surface area (TPSA) is 64.9 Å². The molecular formula is C14H17N3O2S. The summed E-state index contributed by atoms with van der Waals surface area (Å²) < 4.78 is 0. The van der Waals surface area contributed by atoms with Crippen molar-refractivity contribution >= 4 is 34.6 Å². The van der Waals surface area contributed by atoms with E-state index in [9.17, 15) is 4.79 Å². The molecule has 6 heteroatoms. The van der Waals surface area contributed by atoms with E-state index in [0.29, 0.717) is 4.91 Å². The van der Waals surface area contributed by atoms with Crippen molar-refractivity contribution in [1.82, 2.24) is 5.32 Å². The number of anilines is 1. The third kappa shape index (κ3) is 3.14. The number of carbonyl (C=O) groups is 1. The van der Waals surface area contributed by atoms with Gasteiger partial charge in [-0.15, -0.1) is 0 Å². The first-order chi connectivity index (χ1) is 9.67. The molecular weight excluding hydrogens is 274 g/mol. The lowest BCUT2D eigenvalue weighted by Gasteiger charge is -2.20. The van der Waals surface area contributed by atoms with Crippen molar-refractivity contribution in [1.29, 1.82) is 0 Å². The van der Waals surface area contributed by atoms with Gasteiger partial charge in [0.25, 0.3) is 5.91 Å². The van der Waals surface area contributed by atoms with Gasteiger partial charge in [-0.05, 0) is 49.4 Å². The third-order valence-corrected chi connectivity index (χ3v) is 3.96.